The first-order valence-electron chi connectivity index (χ1n) is 11.2. The molecule has 0 spiro atoms. The average molecular weight is 490 g/mol. The molecule has 0 aliphatic heterocycles. The van der Waals surface area contributed by atoms with Crippen LogP contribution in [0.5, 0.6) is 17.2 Å². The number of benzene rings is 3. The summed E-state index contributed by atoms with van der Waals surface area (Å²) in [7, 11) is 1.63. The number of aromatic nitrogens is 3. The molecule has 3 aromatic carbocycles. The van der Waals surface area contributed by atoms with E-state index in [-0.39, 0.29) is 12.4 Å². The summed E-state index contributed by atoms with van der Waals surface area (Å²) in [4.78, 5) is 11.9. The lowest BCUT2D eigenvalue weighted by atomic mass is 10.1. The van der Waals surface area contributed by atoms with Crippen LogP contribution in [-0.4, -0.2) is 34.3 Å². The zero-order valence-corrected chi connectivity index (χ0v) is 20.7. The molecule has 0 saturated heterocycles. The number of ether oxygens (including phenoxy) is 3. The van der Waals surface area contributed by atoms with E-state index < -0.39 is 0 Å². The molecule has 0 bridgehead atoms. The Bertz CT molecular complexity index is 1270. The van der Waals surface area contributed by atoms with Crippen molar-refractivity contribution in [2.45, 2.75) is 31.4 Å². The van der Waals surface area contributed by atoms with Gasteiger partial charge in [0.2, 0.25) is 0 Å². The third kappa shape index (κ3) is 6.02. The number of ketones is 1. The third-order valence-corrected chi connectivity index (χ3v) is 6.24. The first-order valence-corrected chi connectivity index (χ1v) is 12.2. The number of carbonyl (C=O) groups excluding carboxylic acids is 1. The van der Waals surface area contributed by atoms with Crippen LogP contribution in [-0.2, 0) is 12.4 Å². The molecule has 0 fully saturated rings. The van der Waals surface area contributed by atoms with Crippen LogP contribution in [0.1, 0.15) is 35.6 Å². The van der Waals surface area contributed by atoms with E-state index in [1.54, 1.807) is 20.1 Å². The van der Waals surface area contributed by atoms with Gasteiger partial charge < -0.3 is 14.2 Å². The lowest BCUT2D eigenvalue weighted by Crippen LogP contribution is -2.07. The predicted octanol–water partition coefficient (Wildman–Crippen LogP) is 5.75. The fraction of sp³-hybridized carbons (Fsp3) is 0.222. The van der Waals surface area contributed by atoms with Crippen molar-refractivity contribution >= 4 is 17.5 Å². The molecule has 0 aliphatic rings. The van der Waals surface area contributed by atoms with Crippen LogP contribution >= 0.6 is 11.8 Å². The van der Waals surface area contributed by atoms with Gasteiger partial charge in [0, 0.05) is 22.6 Å². The number of hydrogen-bond donors (Lipinski definition) is 0. The lowest BCUT2D eigenvalue weighted by Gasteiger charge is -2.13. The van der Waals surface area contributed by atoms with Crippen LogP contribution in [0.3, 0.4) is 0 Å². The first kappa shape index (κ1) is 24.3. The summed E-state index contributed by atoms with van der Waals surface area (Å²) in [6.45, 7) is 4.30. The number of nitrogens with zero attached hydrogens (tertiary/aromatic N) is 3. The fourth-order valence-electron chi connectivity index (χ4n) is 3.49. The Morgan fingerprint density at radius 3 is 2.37 bits per heavy atom. The summed E-state index contributed by atoms with van der Waals surface area (Å²) in [5.74, 6) is 3.51. The van der Waals surface area contributed by atoms with Crippen molar-refractivity contribution < 1.29 is 19.0 Å². The van der Waals surface area contributed by atoms with Gasteiger partial charge in [0.05, 0.1) is 13.7 Å². The summed E-state index contributed by atoms with van der Waals surface area (Å²) >= 11 is 1.53. The second kappa shape index (κ2) is 11.6. The first-order chi connectivity index (χ1) is 17.1. The molecule has 1 heterocycles. The van der Waals surface area contributed by atoms with E-state index in [9.17, 15) is 4.79 Å². The maximum atomic E-state index is 11.9. The van der Waals surface area contributed by atoms with Crippen LogP contribution in [0.25, 0.3) is 5.69 Å². The zero-order chi connectivity index (χ0) is 24.6. The van der Waals surface area contributed by atoms with Crippen LogP contribution in [0.15, 0.2) is 78.0 Å². The number of rotatable bonds is 11. The van der Waals surface area contributed by atoms with Gasteiger partial charge in [-0.15, -0.1) is 10.2 Å². The van der Waals surface area contributed by atoms with Gasteiger partial charge in [-0.25, -0.2) is 0 Å². The number of para-hydroxylation sites is 1. The van der Waals surface area contributed by atoms with Gasteiger partial charge >= 0.3 is 0 Å². The highest BCUT2D eigenvalue weighted by Crippen LogP contribution is 2.30. The SMILES string of the molecule is CCOc1ccc(C(C)=O)cc1CSc1nnc(COc2ccc(OC)cc2)n1-c1ccccc1. The Labute approximate surface area is 209 Å². The minimum absolute atomic E-state index is 0.0183. The number of methoxy groups -OCH3 is 1. The normalized spacial score (nSPS) is 10.7. The summed E-state index contributed by atoms with van der Waals surface area (Å²) in [6.07, 6.45) is 0. The largest absolute Gasteiger partial charge is 0.497 e. The van der Waals surface area contributed by atoms with Crippen molar-refractivity contribution in [1.82, 2.24) is 14.8 Å². The minimum Gasteiger partial charge on any atom is -0.497 e. The van der Waals surface area contributed by atoms with Crippen LogP contribution < -0.4 is 14.2 Å². The molecule has 0 radical (unpaired) electrons. The average Bonchev–Trinajstić information content (AvgIpc) is 3.30. The Morgan fingerprint density at radius 2 is 1.69 bits per heavy atom. The molecule has 0 aliphatic carbocycles. The van der Waals surface area contributed by atoms with Gasteiger partial charge in [0.15, 0.2) is 16.8 Å². The molecule has 0 amide bonds. The molecular weight excluding hydrogens is 462 g/mol. The number of carbonyl (C=O) groups is 1. The summed E-state index contributed by atoms with van der Waals surface area (Å²) in [5.41, 5.74) is 2.53. The molecular formula is C27H27N3O4S. The smallest absolute Gasteiger partial charge is 0.196 e. The van der Waals surface area contributed by atoms with Crippen molar-refractivity contribution in [3.8, 4) is 22.9 Å². The number of Topliss-reactive ketones (excluding diaryl/α,β-unsaturated/α-hetero) is 1. The maximum absolute atomic E-state index is 11.9. The minimum atomic E-state index is 0.0183. The number of thioether (sulfide) groups is 1. The van der Waals surface area contributed by atoms with Gasteiger partial charge in [-0.3, -0.25) is 9.36 Å². The van der Waals surface area contributed by atoms with Crippen molar-refractivity contribution in [1.29, 1.82) is 0 Å². The molecule has 4 aromatic rings. The number of hydrogen-bond acceptors (Lipinski definition) is 7. The highest BCUT2D eigenvalue weighted by atomic mass is 32.2. The molecule has 0 unspecified atom stereocenters. The van der Waals surface area contributed by atoms with Crippen molar-refractivity contribution in [3.05, 3.63) is 89.7 Å². The van der Waals surface area contributed by atoms with Crippen molar-refractivity contribution in [2.75, 3.05) is 13.7 Å². The maximum Gasteiger partial charge on any atom is 0.196 e. The van der Waals surface area contributed by atoms with Crippen LogP contribution in [0.2, 0.25) is 0 Å². The van der Waals surface area contributed by atoms with Crippen molar-refractivity contribution in [3.63, 3.8) is 0 Å². The highest BCUT2D eigenvalue weighted by molar-refractivity contribution is 7.98. The molecule has 0 atom stereocenters. The van der Waals surface area contributed by atoms with Gasteiger partial charge in [-0.2, -0.15) is 0 Å². The molecule has 7 nitrogen and oxygen atoms in total. The van der Waals surface area contributed by atoms with Gasteiger partial charge in [-0.1, -0.05) is 30.0 Å². The van der Waals surface area contributed by atoms with E-state index in [4.69, 9.17) is 14.2 Å². The summed E-state index contributed by atoms with van der Waals surface area (Å²) in [6, 6.07) is 22.9. The Hall–Kier alpha value is -3.78. The van der Waals surface area contributed by atoms with Gasteiger partial charge in [0.1, 0.15) is 23.9 Å². The van der Waals surface area contributed by atoms with E-state index in [2.05, 4.69) is 10.2 Å². The molecule has 0 saturated carbocycles. The van der Waals surface area contributed by atoms with Crippen LogP contribution in [0, 0.1) is 0 Å². The summed E-state index contributed by atoms with van der Waals surface area (Å²) in [5, 5.41) is 9.59. The van der Waals surface area contributed by atoms with E-state index in [1.807, 2.05) is 78.2 Å². The van der Waals surface area contributed by atoms with Crippen molar-refractivity contribution in [2.24, 2.45) is 0 Å². The fourth-order valence-corrected chi connectivity index (χ4v) is 4.44. The molecule has 0 N–H and O–H groups in total. The predicted molar refractivity (Wildman–Crippen MR) is 136 cm³/mol. The van der Waals surface area contributed by atoms with Gasteiger partial charge in [-0.05, 0) is 68.4 Å². The molecule has 4 rings (SSSR count). The zero-order valence-electron chi connectivity index (χ0n) is 19.9. The molecule has 1 aromatic heterocycles. The standard InChI is InChI=1S/C27H27N3O4S/c1-4-33-25-15-10-20(19(2)31)16-21(25)18-35-27-29-28-26(30(27)22-8-6-5-7-9-22)17-34-24-13-11-23(32-3)12-14-24/h5-16H,4,17-18H2,1-3H3. The molecule has 180 valence electrons. The Kier molecular flexibility index (Phi) is 8.05. The quantitative estimate of drug-likeness (QED) is 0.196. The second-order valence-electron chi connectivity index (χ2n) is 7.63. The van der Waals surface area contributed by atoms with E-state index >= 15 is 0 Å². The Morgan fingerprint density at radius 1 is 0.943 bits per heavy atom. The monoisotopic (exact) mass is 489 g/mol. The molecule has 35 heavy (non-hydrogen) atoms. The van der Waals surface area contributed by atoms with Gasteiger partial charge in [0.25, 0.3) is 0 Å². The highest BCUT2D eigenvalue weighted by Gasteiger charge is 2.17. The Balaban J connectivity index is 1.59. The third-order valence-electron chi connectivity index (χ3n) is 5.27. The summed E-state index contributed by atoms with van der Waals surface area (Å²) < 4.78 is 19.0. The molecule has 8 heteroatoms. The van der Waals surface area contributed by atoms with Crippen LogP contribution in [0.4, 0.5) is 0 Å². The van der Waals surface area contributed by atoms with E-state index in [0.29, 0.717) is 29.5 Å². The topological polar surface area (TPSA) is 75.5 Å². The van der Waals surface area contributed by atoms with E-state index in [0.717, 1.165) is 27.9 Å². The lowest BCUT2D eigenvalue weighted by molar-refractivity contribution is 0.101. The second-order valence-corrected chi connectivity index (χ2v) is 8.58. The van der Waals surface area contributed by atoms with E-state index in [1.165, 1.54) is 11.8 Å².